The molecule has 0 amide bonds. The molecule has 1 rings (SSSR count). The van der Waals surface area contributed by atoms with Gasteiger partial charge in [-0.2, -0.15) is 0 Å². The van der Waals surface area contributed by atoms with Crippen LogP contribution < -0.4 is 0 Å². The van der Waals surface area contributed by atoms with Crippen LogP contribution in [0.5, 0.6) is 0 Å². The molecular weight excluding hydrogens is 206 g/mol. The third-order valence-electron chi connectivity index (χ3n) is 2.75. The lowest BCUT2D eigenvalue weighted by atomic mass is 10.0. The Morgan fingerprint density at radius 2 is 2.13 bits per heavy atom. The molecule has 1 heterocycles. The predicted octanol–water partition coefficient (Wildman–Crippen LogP) is 2.88. The second-order valence-corrected chi connectivity index (χ2v) is 7.37. The van der Waals surface area contributed by atoms with E-state index in [-0.39, 0.29) is 4.75 Å². The average Bonchev–Trinajstić information content (AvgIpc) is 2.17. The molecule has 15 heavy (non-hydrogen) atoms. The van der Waals surface area contributed by atoms with Crippen LogP contribution in [0.1, 0.15) is 46.5 Å². The van der Waals surface area contributed by atoms with Gasteiger partial charge in [-0.3, -0.25) is 0 Å². The molecule has 0 unspecified atom stereocenters. The highest BCUT2D eigenvalue weighted by molar-refractivity contribution is 7.84. The first-order chi connectivity index (χ1) is 6.96. The van der Waals surface area contributed by atoms with Crippen LogP contribution in [0.25, 0.3) is 0 Å². The third kappa shape index (κ3) is 3.42. The van der Waals surface area contributed by atoms with Crippen molar-refractivity contribution in [3.05, 3.63) is 12.7 Å². The second-order valence-electron chi connectivity index (χ2n) is 5.18. The van der Waals surface area contributed by atoms with Gasteiger partial charge in [0, 0.05) is 12.6 Å². The van der Waals surface area contributed by atoms with Crippen LogP contribution >= 0.6 is 0 Å². The molecule has 2 nitrogen and oxygen atoms in total. The molecular formula is C12H23NOS. The normalized spacial score (nSPS) is 26.2. The van der Waals surface area contributed by atoms with E-state index >= 15 is 0 Å². The van der Waals surface area contributed by atoms with E-state index in [1.807, 2.05) is 26.8 Å². The molecule has 1 aliphatic heterocycles. The molecule has 0 N–H and O–H groups in total. The highest BCUT2D eigenvalue weighted by Gasteiger charge is 2.32. The number of hydrogen-bond donors (Lipinski definition) is 0. The molecule has 1 saturated heterocycles. The zero-order valence-electron chi connectivity index (χ0n) is 10.2. The summed E-state index contributed by atoms with van der Waals surface area (Å²) in [5, 5.41) is 0. The first kappa shape index (κ1) is 12.9. The van der Waals surface area contributed by atoms with Crippen LogP contribution in [-0.4, -0.2) is 25.8 Å². The lowest BCUT2D eigenvalue weighted by Crippen LogP contribution is -2.46. The van der Waals surface area contributed by atoms with E-state index in [4.69, 9.17) is 0 Å². The standard InChI is InChI=1S/C12H23NOS/c1-5-8-11-9-6-7-10-13(11)15(14)12(2,3)4/h5,11H,1,6-10H2,2-4H3/t11-,15+/m1/s1. The highest BCUT2D eigenvalue weighted by atomic mass is 32.2. The summed E-state index contributed by atoms with van der Waals surface area (Å²) < 4.78 is 14.3. The molecule has 0 bridgehead atoms. The molecule has 0 aromatic rings. The summed E-state index contributed by atoms with van der Waals surface area (Å²) in [6.45, 7) is 10.9. The molecule has 1 aliphatic rings. The van der Waals surface area contributed by atoms with Crippen molar-refractivity contribution >= 4 is 11.0 Å². The second kappa shape index (κ2) is 5.26. The molecule has 0 radical (unpaired) electrons. The van der Waals surface area contributed by atoms with Gasteiger partial charge in [-0.05, 0) is 40.0 Å². The molecule has 0 aromatic heterocycles. The zero-order chi connectivity index (χ0) is 11.5. The van der Waals surface area contributed by atoms with Gasteiger partial charge in [0.2, 0.25) is 0 Å². The maximum absolute atomic E-state index is 12.3. The molecule has 2 atom stereocenters. The van der Waals surface area contributed by atoms with Crippen molar-refractivity contribution in [3.8, 4) is 0 Å². The summed E-state index contributed by atoms with van der Waals surface area (Å²) in [5.41, 5.74) is 0. The minimum atomic E-state index is -0.870. The van der Waals surface area contributed by atoms with E-state index in [2.05, 4.69) is 10.9 Å². The topological polar surface area (TPSA) is 20.3 Å². The largest absolute Gasteiger partial charge is 0.242 e. The van der Waals surface area contributed by atoms with E-state index < -0.39 is 11.0 Å². The van der Waals surface area contributed by atoms with Gasteiger partial charge in [0.1, 0.15) is 0 Å². The Hall–Kier alpha value is -0.150. The van der Waals surface area contributed by atoms with Crippen LogP contribution in [0.15, 0.2) is 12.7 Å². The summed E-state index contributed by atoms with van der Waals surface area (Å²) in [6.07, 6.45) is 6.50. The highest BCUT2D eigenvalue weighted by Crippen LogP contribution is 2.26. The van der Waals surface area contributed by atoms with E-state index in [0.29, 0.717) is 6.04 Å². The van der Waals surface area contributed by atoms with Crippen molar-refractivity contribution in [2.24, 2.45) is 0 Å². The Morgan fingerprint density at radius 3 is 2.67 bits per heavy atom. The van der Waals surface area contributed by atoms with Crippen LogP contribution in [0.2, 0.25) is 0 Å². The lowest BCUT2D eigenvalue weighted by Gasteiger charge is -2.37. The van der Waals surface area contributed by atoms with Gasteiger partial charge in [-0.15, -0.1) is 6.58 Å². The lowest BCUT2D eigenvalue weighted by molar-refractivity contribution is 0.261. The van der Waals surface area contributed by atoms with Crippen molar-refractivity contribution in [1.82, 2.24) is 4.31 Å². The summed E-state index contributed by atoms with van der Waals surface area (Å²) >= 11 is 0. The molecule has 88 valence electrons. The average molecular weight is 229 g/mol. The Balaban J connectivity index is 2.71. The van der Waals surface area contributed by atoms with Gasteiger partial charge < -0.3 is 0 Å². The van der Waals surface area contributed by atoms with Crippen LogP contribution in [0.3, 0.4) is 0 Å². The summed E-state index contributed by atoms with van der Waals surface area (Å²) in [5.74, 6) is 0. The Bertz CT molecular complexity index is 244. The first-order valence-electron chi connectivity index (χ1n) is 5.76. The molecule has 0 spiro atoms. The summed E-state index contributed by atoms with van der Waals surface area (Å²) in [7, 11) is -0.870. The van der Waals surface area contributed by atoms with Crippen molar-refractivity contribution in [2.75, 3.05) is 6.54 Å². The van der Waals surface area contributed by atoms with Gasteiger partial charge in [0.15, 0.2) is 0 Å². The number of nitrogens with zero attached hydrogens (tertiary/aromatic N) is 1. The molecule has 0 aliphatic carbocycles. The van der Waals surface area contributed by atoms with Crippen molar-refractivity contribution in [2.45, 2.75) is 57.2 Å². The maximum Gasteiger partial charge on any atom is 0.1000 e. The van der Waals surface area contributed by atoms with Gasteiger partial charge in [0.05, 0.1) is 15.7 Å². The zero-order valence-corrected chi connectivity index (χ0v) is 11.0. The van der Waals surface area contributed by atoms with Crippen molar-refractivity contribution in [1.29, 1.82) is 0 Å². The van der Waals surface area contributed by atoms with Crippen LogP contribution in [0.4, 0.5) is 0 Å². The Morgan fingerprint density at radius 1 is 1.47 bits per heavy atom. The Kier molecular flexibility index (Phi) is 4.53. The quantitative estimate of drug-likeness (QED) is 0.681. The minimum absolute atomic E-state index is 0.142. The molecule has 0 aromatic carbocycles. The first-order valence-corrected chi connectivity index (χ1v) is 6.87. The maximum atomic E-state index is 12.3. The van der Waals surface area contributed by atoms with Gasteiger partial charge in [-0.25, -0.2) is 8.51 Å². The molecule has 3 heteroatoms. The fraction of sp³-hybridized carbons (Fsp3) is 0.833. The van der Waals surface area contributed by atoms with E-state index in [1.165, 1.54) is 12.8 Å². The minimum Gasteiger partial charge on any atom is -0.242 e. The smallest absolute Gasteiger partial charge is 0.1000 e. The summed E-state index contributed by atoms with van der Waals surface area (Å²) in [4.78, 5) is 0. The number of piperidine rings is 1. The van der Waals surface area contributed by atoms with Gasteiger partial charge in [-0.1, -0.05) is 12.5 Å². The third-order valence-corrected chi connectivity index (χ3v) is 4.70. The van der Waals surface area contributed by atoms with E-state index in [1.54, 1.807) is 0 Å². The fourth-order valence-electron chi connectivity index (χ4n) is 1.97. The van der Waals surface area contributed by atoms with Crippen LogP contribution in [-0.2, 0) is 11.0 Å². The van der Waals surface area contributed by atoms with Crippen LogP contribution in [0, 0.1) is 0 Å². The van der Waals surface area contributed by atoms with Crippen molar-refractivity contribution < 1.29 is 4.21 Å². The number of hydrogen-bond acceptors (Lipinski definition) is 1. The number of rotatable bonds is 3. The van der Waals surface area contributed by atoms with E-state index in [9.17, 15) is 4.21 Å². The SMILES string of the molecule is C=CC[C@@H]1CCCCN1[S@@](=O)C(C)(C)C. The van der Waals surface area contributed by atoms with Gasteiger partial charge >= 0.3 is 0 Å². The summed E-state index contributed by atoms with van der Waals surface area (Å²) in [6, 6.07) is 0.441. The van der Waals surface area contributed by atoms with Crippen molar-refractivity contribution in [3.63, 3.8) is 0 Å². The monoisotopic (exact) mass is 229 g/mol. The Labute approximate surface area is 96.3 Å². The van der Waals surface area contributed by atoms with Gasteiger partial charge in [0.25, 0.3) is 0 Å². The molecule has 0 saturated carbocycles. The molecule has 1 fully saturated rings. The van der Waals surface area contributed by atoms with E-state index in [0.717, 1.165) is 19.4 Å². The predicted molar refractivity (Wildman–Crippen MR) is 67.1 cm³/mol. The fourth-order valence-corrected chi connectivity index (χ4v) is 3.43.